The molecule has 1 saturated heterocycles. The molecule has 0 radical (unpaired) electrons. The van der Waals surface area contributed by atoms with E-state index >= 15 is 0 Å². The number of anilines is 1. The lowest BCUT2D eigenvalue weighted by atomic mass is 10.0. The number of hydrogen-bond acceptors (Lipinski definition) is 3. The smallest absolute Gasteiger partial charge is 0.290 e. The lowest BCUT2D eigenvalue weighted by Gasteiger charge is -2.30. The number of fused-ring (bicyclic) bond motifs is 1. The molecule has 1 aliphatic heterocycles. The molecule has 1 N–H and O–H groups in total. The Morgan fingerprint density at radius 1 is 1.11 bits per heavy atom. The van der Waals surface area contributed by atoms with Crippen LogP contribution in [0.25, 0.3) is 5.52 Å². The second-order valence-electron chi connectivity index (χ2n) is 7.06. The van der Waals surface area contributed by atoms with Crippen molar-refractivity contribution in [2.45, 2.75) is 19.8 Å². The van der Waals surface area contributed by atoms with E-state index in [0.717, 1.165) is 25.9 Å². The van der Waals surface area contributed by atoms with Gasteiger partial charge in [-0.1, -0.05) is 31.2 Å². The fourth-order valence-corrected chi connectivity index (χ4v) is 3.58. The molecule has 1 fully saturated rings. The summed E-state index contributed by atoms with van der Waals surface area (Å²) in [6.07, 6.45) is 3.91. The summed E-state index contributed by atoms with van der Waals surface area (Å²) >= 11 is 0. The SMILES string of the molecule is CC1CCCN(C(=O)c2nc(C(=O)Nc3ccccc3)c3ccccn23)C1. The van der Waals surface area contributed by atoms with Crippen molar-refractivity contribution in [1.29, 1.82) is 0 Å². The molecule has 0 saturated carbocycles. The number of carbonyl (C=O) groups excluding carboxylic acids is 2. The van der Waals surface area contributed by atoms with Gasteiger partial charge < -0.3 is 10.2 Å². The van der Waals surface area contributed by atoms with E-state index in [-0.39, 0.29) is 23.3 Å². The third-order valence-electron chi connectivity index (χ3n) is 4.93. The van der Waals surface area contributed by atoms with E-state index < -0.39 is 0 Å². The van der Waals surface area contributed by atoms with Crippen LogP contribution in [0.3, 0.4) is 0 Å². The van der Waals surface area contributed by atoms with Gasteiger partial charge in [0.05, 0.1) is 5.52 Å². The first-order valence-electron chi connectivity index (χ1n) is 9.26. The minimum Gasteiger partial charge on any atom is -0.336 e. The molecule has 0 spiro atoms. The molecule has 2 aromatic heterocycles. The number of likely N-dealkylation sites (tertiary alicyclic amines) is 1. The van der Waals surface area contributed by atoms with E-state index in [1.807, 2.05) is 53.4 Å². The summed E-state index contributed by atoms with van der Waals surface area (Å²) in [7, 11) is 0. The zero-order chi connectivity index (χ0) is 18.8. The Kier molecular flexibility index (Phi) is 4.62. The van der Waals surface area contributed by atoms with Crippen molar-refractivity contribution in [2.24, 2.45) is 5.92 Å². The summed E-state index contributed by atoms with van der Waals surface area (Å²) in [6, 6.07) is 14.7. The van der Waals surface area contributed by atoms with Gasteiger partial charge in [-0.15, -0.1) is 0 Å². The third kappa shape index (κ3) is 3.43. The van der Waals surface area contributed by atoms with Crippen molar-refractivity contribution in [3.8, 4) is 0 Å². The minimum absolute atomic E-state index is 0.124. The molecule has 27 heavy (non-hydrogen) atoms. The molecular formula is C21H22N4O2. The lowest BCUT2D eigenvalue weighted by Crippen LogP contribution is -2.39. The molecule has 138 valence electrons. The number of nitrogens with one attached hydrogen (secondary N) is 1. The van der Waals surface area contributed by atoms with Crippen molar-refractivity contribution in [1.82, 2.24) is 14.3 Å². The zero-order valence-corrected chi connectivity index (χ0v) is 15.3. The van der Waals surface area contributed by atoms with Gasteiger partial charge in [-0.2, -0.15) is 0 Å². The number of amides is 2. The van der Waals surface area contributed by atoms with Gasteiger partial charge in [0.2, 0.25) is 5.82 Å². The van der Waals surface area contributed by atoms with Crippen LogP contribution in [0, 0.1) is 5.92 Å². The Balaban J connectivity index is 1.68. The predicted molar refractivity (Wildman–Crippen MR) is 104 cm³/mol. The van der Waals surface area contributed by atoms with E-state index in [1.54, 1.807) is 10.6 Å². The Morgan fingerprint density at radius 3 is 2.67 bits per heavy atom. The highest BCUT2D eigenvalue weighted by atomic mass is 16.2. The van der Waals surface area contributed by atoms with Crippen LogP contribution >= 0.6 is 0 Å². The Labute approximate surface area is 157 Å². The maximum Gasteiger partial charge on any atom is 0.290 e. The first-order chi connectivity index (χ1) is 13.1. The molecule has 2 amide bonds. The van der Waals surface area contributed by atoms with Crippen LogP contribution in [-0.2, 0) is 0 Å². The van der Waals surface area contributed by atoms with Gasteiger partial charge in [-0.3, -0.25) is 14.0 Å². The molecular weight excluding hydrogens is 340 g/mol. The second kappa shape index (κ2) is 7.23. The van der Waals surface area contributed by atoms with Crippen LogP contribution in [0.1, 0.15) is 40.9 Å². The van der Waals surface area contributed by atoms with Gasteiger partial charge in [0, 0.05) is 25.0 Å². The van der Waals surface area contributed by atoms with Crippen LogP contribution in [0.4, 0.5) is 5.69 Å². The summed E-state index contributed by atoms with van der Waals surface area (Å²) in [5.74, 6) is 0.324. The molecule has 0 bridgehead atoms. The molecule has 1 aromatic carbocycles. The first kappa shape index (κ1) is 17.3. The number of benzene rings is 1. The number of imidazole rings is 1. The Hall–Kier alpha value is -3.15. The largest absolute Gasteiger partial charge is 0.336 e. The monoisotopic (exact) mass is 362 g/mol. The van der Waals surface area contributed by atoms with Crippen molar-refractivity contribution in [2.75, 3.05) is 18.4 Å². The molecule has 3 heterocycles. The summed E-state index contributed by atoms with van der Waals surface area (Å²) in [5.41, 5.74) is 1.57. The maximum atomic E-state index is 13.1. The average Bonchev–Trinajstić information content (AvgIpc) is 3.08. The van der Waals surface area contributed by atoms with Crippen LogP contribution in [0.5, 0.6) is 0 Å². The number of rotatable bonds is 3. The van der Waals surface area contributed by atoms with Crippen LogP contribution in [0.15, 0.2) is 54.7 Å². The molecule has 1 atom stereocenters. The predicted octanol–water partition coefficient (Wildman–Crippen LogP) is 3.46. The van der Waals surface area contributed by atoms with Gasteiger partial charge in [-0.25, -0.2) is 4.98 Å². The van der Waals surface area contributed by atoms with E-state index in [1.165, 1.54) is 0 Å². The van der Waals surface area contributed by atoms with E-state index in [2.05, 4.69) is 17.2 Å². The fraction of sp³-hybridized carbons (Fsp3) is 0.286. The number of carbonyl (C=O) groups is 2. The Morgan fingerprint density at radius 2 is 1.89 bits per heavy atom. The molecule has 6 nitrogen and oxygen atoms in total. The standard InChI is InChI=1S/C21H22N4O2/c1-15-8-7-12-24(14-15)21(27)19-23-18(17-11-5-6-13-25(17)19)20(26)22-16-9-3-2-4-10-16/h2-6,9-11,13,15H,7-8,12,14H2,1H3,(H,22,26). The van der Waals surface area contributed by atoms with Gasteiger partial charge in [0.25, 0.3) is 11.8 Å². The zero-order valence-electron chi connectivity index (χ0n) is 15.3. The Bertz CT molecular complexity index is 980. The number of nitrogens with zero attached hydrogens (tertiary/aromatic N) is 3. The molecule has 0 aliphatic carbocycles. The second-order valence-corrected chi connectivity index (χ2v) is 7.06. The number of aromatic nitrogens is 2. The summed E-state index contributed by atoms with van der Waals surface area (Å²) < 4.78 is 1.71. The molecule has 4 rings (SSSR count). The highest BCUT2D eigenvalue weighted by molar-refractivity contribution is 6.08. The van der Waals surface area contributed by atoms with Gasteiger partial charge in [-0.05, 0) is 43.0 Å². The van der Waals surface area contributed by atoms with E-state index in [0.29, 0.717) is 17.1 Å². The minimum atomic E-state index is -0.323. The van der Waals surface area contributed by atoms with Gasteiger partial charge in [0.1, 0.15) is 0 Å². The maximum absolute atomic E-state index is 13.1. The molecule has 6 heteroatoms. The van der Waals surface area contributed by atoms with E-state index in [4.69, 9.17) is 0 Å². The van der Waals surface area contributed by atoms with Crippen LogP contribution < -0.4 is 5.32 Å². The fourth-order valence-electron chi connectivity index (χ4n) is 3.58. The summed E-state index contributed by atoms with van der Waals surface area (Å²) in [6.45, 7) is 3.62. The molecule has 3 aromatic rings. The van der Waals surface area contributed by atoms with Crippen molar-refractivity contribution in [3.05, 3.63) is 66.2 Å². The van der Waals surface area contributed by atoms with Crippen molar-refractivity contribution < 1.29 is 9.59 Å². The molecule has 1 aliphatic rings. The van der Waals surface area contributed by atoms with Gasteiger partial charge >= 0.3 is 0 Å². The number of hydrogen-bond donors (Lipinski definition) is 1. The van der Waals surface area contributed by atoms with E-state index in [9.17, 15) is 9.59 Å². The highest BCUT2D eigenvalue weighted by Crippen LogP contribution is 2.20. The number of para-hydroxylation sites is 1. The van der Waals surface area contributed by atoms with Crippen molar-refractivity contribution >= 4 is 23.0 Å². The number of piperidine rings is 1. The summed E-state index contributed by atoms with van der Waals surface area (Å²) in [4.78, 5) is 32.1. The lowest BCUT2D eigenvalue weighted by molar-refractivity contribution is 0.0670. The quantitative estimate of drug-likeness (QED) is 0.776. The van der Waals surface area contributed by atoms with Crippen molar-refractivity contribution in [3.63, 3.8) is 0 Å². The van der Waals surface area contributed by atoms with Crippen LogP contribution in [-0.4, -0.2) is 39.2 Å². The topological polar surface area (TPSA) is 66.7 Å². The van der Waals surface area contributed by atoms with Crippen LogP contribution in [0.2, 0.25) is 0 Å². The first-order valence-corrected chi connectivity index (χ1v) is 9.26. The average molecular weight is 362 g/mol. The number of pyridine rings is 1. The highest BCUT2D eigenvalue weighted by Gasteiger charge is 2.27. The molecule has 1 unspecified atom stereocenters. The summed E-state index contributed by atoms with van der Waals surface area (Å²) in [5, 5.41) is 2.85. The van der Waals surface area contributed by atoms with Gasteiger partial charge in [0.15, 0.2) is 5.69 Å². The normalized spacial score (nSPS) is 17.1. The third-order valence-corrected chi connectivity index (χ3v) is 4.93.